The number of para-hydroxylation sites is 2. The zero-order chi connectivity index (χ0) is 17.3. The molecule has 0 unspecified atom stereocenters. The van der Waals surface area contributed by atoms with Crippen LogP contribution in [0.5, 0.6) is 5.75 Å². The Morgan fingerprint density at radius 2 is 1.64 bits per heavy atom. The molecule has 0 fully saturated rings. The molecule has 3 rings (SSSR count). The predicted molar refractivity (Wildman–Crippen MR) is 102 cm³/mol. The van der Waals surface area contributed by atoms with E-state index in [0.717, 1.165) is 17.2 Å². The lowest BCUT2D eigenvalue weighted by Crippen LogP contribution is -2.07. The molecule has 3 aromatic rings. The van der Waals surface area contributed by atoms with Gasteiger partial charge in [-0.3, -0.25) is 0 Å². The van der Waals surface area contributed by atoms with Crippen molar-refractivity contribution in [3.63, 3.8) is 0 Å². The lowest BCUT2D eigenvalue weighted by Gasteiger charge is -2.08. The van der Waals surface area contributed by atoms with Gasteiger partial charge in [-0.2, -0.15) is 26.7 Å². The number of aromatic nitrogens is 3. The fraction of sp³-hybridized carbons (Fsp3) is 0.167. The third kappa shape index (κ3) is 5.65. The summed E-state index contributed by atoms with van der Waals surface area (Å²) in [5, 5.41) is 3.13. The summed E-state index contributed by atoms with van der Waals surface area (Å²) in [7, 11) is 0. The van der Waals surface area contributed by atoms with Gasteiger partial charge in [-0.15, -0.1) is 0 Å². The number of hydrogen-bond donors (Lipinski definition) is 2. The van der Waals surface area contributed by atoms with Crippen LogP contribution in [0.2, 0.25) is 0 Å². The highest BCUT2D eigenvalue weighted by molar-refractivity contribution is 7.98. The first kappa shape index (κ1) is 17.0. The quantitative estimate of drug-likeness (QED) is 0.599. The third-order valence-corrected chi connectivity index (χ3v) is 4.12. The molecule has 0 aliphatic heterocycles. The van der Waals surface area contributed by atoms with Gasteiger partial charge in [-0.05, 0) is 24.3 Å². The van der Waals surface area contributed by atoms with Gasteiger partial charge in [0.15, 0.2) is 0 Å². The van der Waals surface area contributed by atoms with Crippen molar-refractivity contribution in [3.8, 4) is 5.75 Å². The van der Waals surface area contributed by atoms with Crippen LogP contribution in [0.25, 0.3) is 0 Å². The molecule has 0 atom stereocenters. The standard InChI is InChI=1S/C18H19N5OS/c19-17-21-16(13-25-12-11-24-15-9-5-2-6-10-15)22-18(23-17)20-14-7-3-1-4-8-14/h1-10H,11-13H2,(H3,19,20,21,22,23). The summed E-state index contributed by atoms with van der Waals surface area (Å²) in [6, 6.07) is 19.5. The molecule has 6 nitrogen and oxygen atoms in total. The second-order valence-corrected chi connectivity index (χ2v) is 6.24. The highest BCUT2D eigenvalue weighted by atomic mass is 32.2. The van der Waals surface area contributed by atoms with Crippen LogP contribution in [0, 0.1) is 0 Å². The first-order chi connectivity index (χ1) is 12.3. The predicted octanol–water partition coefficient (Wildman–Crippen LogP) is 3.51. The maximum absolute atomic E-state index is 5.78. The average Bonchev–Trinajstić information content (AvgIpc) is 2.63. The van der Waals surface area contributed by atoms with Crippen molar-refractivity contribution < 1.29 is 4.74 Å². The van der Waals surface area contributed by atoms with Crippen molar-refractivity contribution in [1.82, 2.24) is 15.0 Å². The first-order valence-electron chi connectivity index (χ1n) is 7.88. The van der Waals surface area contributed by atoms with Gasteiger partial charge >= 0.3 is 0 Å². The summed E-state index contributed by atoms with van der Waals surface area (Å²) in [5.41, 5.74) is 6.69. The normalized spacial score (nSPS) is 10.4. The molecule has 1 aromatic heterocycles. The van der Waals surface area contributed by atoms with E-state index in [4.69, 9.17) is 10.5 Å². The fourth-order valence-corrected chi connectivity index (χ4v) is 2.76. The van der Waals surface area contributed by atoms with Gasteiger partial charge in [0, 0.05) is 11.4 Å². The monoisotopic (exact) mass is 353 g/mol. The molecule has 7 heteroatoms. The Balaban J connectivity index is 1.49. The van der Waals surface area contributed by atoms with E-state index in [-0.39, 0.29) is 5.95 Å². The molecule has 0 radical (unpaired) electrons. The molecule has 25 heavy (non-hydrogen) atoms. The van der Waals surface area contributed by atoms with Crippen molar-refractivity contribution in [2.45, 2.75) is 5.75 Å². The number of ether oxygens (including phenoxy) is 1. The number of benzene rings is 2. The summed E-state index contributed by atoms with van der Waals surface area (Å²) in [4.78, 5) is 12.7. The number of thioether (sulfide) groups is 1. The van der Waals surface area contributed by atoms with E-state index >= 15 is 0 Å². The van der Waals surface area contributed by atoms with Crippen LogP contribution in [0.4, 0.5) is 17.6 Å². The zero-order valence-corrected chi connectivity index (χ0v) is 14.4. The van der Waals surface area contributed by atoms with Crippen molar-refractivity contribution in [1.29, 1.82) is 0 Å². The van der Waals surface area contributed by atoms with E-state index in [1.54, 1.807) is 11.8 Å². The summed E-state index contributed by atoms with van der Waals surface area (Å²) in [6.07, 6.45) is 0. The molecule has 0 amide bonds. The topological polar surface area (TPSA) is 86.0 Å². The number of nitrogens with zero attached hydrogens (tertiary/aromatic N) is 3. The second-order valence-electron chi connectivity index (χ2n) is 5.14. The molecule has 0 spiro atoms. The van der Waals surface area contributed by atoms with Crippen LogP contribution in [0.3, 0.4) is 0 Å². The Kier molecular flexibility index (Phi) is 6.06. The molecule has 2 aromatic carbocycles. The van der Waals surface area contributed by atoms with Crippen LogP contribution in [0.15, 0.2) is 60.7 Å². The van der Waals surface area contributed by atoms with Gasteiger partial charge in [-0.25, -0.2) is 0 Å². The van der Waals surface area contributed by atoms with Crippen LogP contribution in [0.1, 0.15) is 5.82 Å². The highest BCUT2D eigenvalue weighted by Gasteiger charge is 2.05. The van der Waals surface area contributed by atoms with E-state index < -0.39 is 0 Å². The van der Waals surface area contributed by atoms with Gasteiger partial charge < -0.3 is 15.8 Å². The van der Waals surface area contributed by atoms with Gasteiger partial charge in [0.2, 0.25) is 11.9 Å². The van der Waals surface area contributed by atoms with E-state index in [0.29, 0.717) is 24.1 Å². The van der Waals surface area contributed by atoms with Crippen LogP contribution >= 0.6 is 11.8 Å². The van der Waals surface area contributed by atoms with E-state index in [1.807, 2.05) is 60.7 Å². The van der Waals surface area contributed by atoms with Gasteiger partial charge in [-0.1, -0.05) is 36.4 Å². The first-order valence-corrected chi connectivity index (χ1v) is 9.03. The summed E-state index contributed by atoms with van der Waals surface area (Å²) in [5.74, 6) is 3.67. The molecule has 1 heterocycles. The molecular weight excluding hydrogens is 334 g/mol. The van der Waals surface area contributed by atoms with Gasteiger partial charge in [0.1, 0.15) is 11.6 Å². The minimum atomic E-state index is 0.213. The van der Waals surface area contributed by atoms with E-state index in [2.05, 4.69) is 20.3 Å². The number of rotatable bonds is 8. The van der Waals surface area contributed by atoms with Crippen LogP contribution < -0.4 is 15.8 Å². The molecular formula is C18H19N5OS. The Morgan fingerprint density at radius 3 is 2.40 bits per heavy atom. The number of nitrogens with two attached hydrogens (primary N) is 1. The number of nitrogens with one attached hydrogen (secondary N) is 1. The number of anilines is 3. The molecule has 128 valence electrons. The van der Waals surface area contributed by atoms with Crippen LogP contribution in [-0.4, -0.2) is 27.3 Å². The van der Waals surface area contributed by atoms with Crippen molar-refractivity contribution >= 4 is 29.3 Å². The number of hydrogen-bond acceptors (Lipinski definition) is 7. The molecule has 0 aliphatic rings. The van der Waals surface area contributed by atoms with E-state index in [1.165, 1.54) is 0 Å². The molecule has 0 bridgehead atoms. The second kappa shape index (κ2) is 8.89. The van der Waals surface area contributed by atoms with Crippen LogP contribution in [-0.2, 0) is 5.75 Å². The van der Waals surface area contributed by atoms with E-state index in [9.17, 15) is 0 Å². The lowest BCUT2D eigenvalue weighted by atomic mass is 10.3. The molecule has 0 aliphatic carbocycles. The smallest absolute Gasteiger partial charge is 0.232 e. The molecule has 0 saturated carbocycles. The SMILES string of the molecule is Nc1nc(CSCCOc2ccccc2)nc(Nc2ccccc2)n1. The van der Waals surface area contributed by atoms with Gasteiger partial charge in [0.25, 0.3) is 0 Å². The lowest BCUT2D eigenvalue weighted by molar-refractivity contribution is 0.344. The highest BCUT2D eigenvalue weighted by Crippen LogP contribution is 2.16. The van der Waals surface area contributed by atoms with Gasteiger partial charge in [0.05, 0.1) is 12.4 Å². The zero-order valence-electron chi connectivity index (χ0n) is 13.6. The summed E-state index contributed by atoms with van der Waals surface area (Å²) < 4.78 is 5.66. The number of nitrogen functional groups attached to an aromatic ring is 1. The Labute approximate surface area is 150 Å². The maximum Gasteiger partial charge on any atom is 0.232 e. The Bertz CT molecular complexity index is 786. The van der Waals surface area contributed by atoms with Crippen molar-refractivity contribution in [2.75, 3.05) is 23.4 Å². The summed E-state index contributed by atoms with van der Waals surface area (Å²) >= 11 is 1.69. The fourth-order valence-electron chi connectivity index (χ4n) is 2.11. The summed E-state index contributed by atoms with van der Waals surface area (Å²) in [6.45, 7) is 0.629. The minimum Gasteiger partial charge on any atom is -0.493 e. The average molecular weight is 353 g/mol. The van der Waals surface area contributed by atoms with Crippen molar-refractivity contribution in [2.24, 2.45) is 0 Å². The Hall–Kier alpha value is -2.80. The Morgan fingerprint density at radius 1 is 0.920 bits per heavy atom. The largest absolute Gasteiger partial charge is 0.493 e. The third-order valence-electron chi connectivity index (χ3n) is 3.20. The molecule has 0 saturated heterocycles. The van der Waals surface area contributed by atoms with Crippen molar-refractivity contribution in [3.05, 3.63) is 66.5 Å². The minimum absolute atomic E-state index is 0.213. The maximum atomic E-state index is 5.78. The molecule has 3 N–H and O–H groups in total.